The molecule has 1 aliphatic rings. The van der Waals surface area contributed by atoms with Crippen molar-refractivity contribution in [3.63, 3.8) is 0 Å². The van der Waals surface area contributed by atoms with Crippen LogP contribution in [0.5, 0.6) is 0 Å². The van der Waals surface area contributed by atoms with Crippen LogP contribution in [0, 0.1) is 11.8 Å². The van der Waals surface area contributed by atoms with E-state index in [0.717, 1.165) is 6.42 Å². The zero-order valence-electron chi connectivity index (χ0n) is 8.99. The minimum atomic E-state index is -1.01. The molecule has 0 aromatic rings. The minimum absolute atomic E-state index is 0.355. The molecule has 0 heterocycles. The fourth-order valence-corrected chi connectivity index (χ4v) is 1.71. The van der Waals surface area contributed by atoms with E-state index in [0.29, 0.717) is 12.3 Å². The highest BCUT2D eigenvalue weighted by atomic mass is 16.5. The van der Waals surface area contributed by atoms with E-state index in [9.17, 15) is 9.90 Å². The monoisotopic (exact) mass is 198 g/mol. The van der Waals surface area contributed by atoms with E-state index in [1.165, 1.54) is 7.11 Å². The number of allylic oxidation sites excluding steroid dienone is 1. The van der Waals surface area contributed by atoms with Gasteiger partial charge in [-0.25, -0.2) is 0 Å². The molecule has 3 nitrogen and oxygen atoms in total. The first-order chi connectivity index (χ1) is 6.49. The van der Waals surface area contributed by atoms with Gasteiger partial charge in [0.1, 0.15) is 0 Å². The van der Waals surface area contributed by atoms with E-state index >= 15 is 0 Å². The molecule has 0 spiro atoms. The summed E-state index contributed by atoms with van der Waals surface area (Å²) in [6.07, 6.45) is 5.24. The second-order valence-corrected chi connectivity index (χ2v) is 4.11. The average Bonchev–Trinajstić information content (AvgIpc) is 2.20. The van der Waals surface area contributed by atoms with Gasteiger partial charge in [-0.15, -0.1) is 0 Å². The fraction of sp³-hybridized carbons (Fsp3) is 0.727. The lowest BCUT2D eigenvalue weighted by atomic mass is 9.78. The van der Waals surface area contributed by atoms with Crippen molar-refractivity contribution in [3.05, 3.63) is 12.2 Å². The third-order valence-corrected chi connectivity index (χ3v) is 3.02. The third kappa shape index (κ3) is 2.15. The highest BCUT2D eigenvalue weighted by molar-refractivity contribution is 5.73. The van der Waals surface area contributed by atoms with Gasteiger partial charge in [0.25, 0.3) is 0 Å². The molecule has 3 atom stereocenters. The molecule has 3 heteroatoms. The molecule has 0 radical (unpaired) electrons. The van der Waals surface area contributed by atoms with Crippen molar-refractivity contribution in [3.8, 4) is 0 Å². The van der Waals surface area contributed by atoms with E-state index in [1.54, 1.807) is 13.0 Å². The van der Waals surface area contributed by atoms with Crippen molar-refractivity contribution in [2.45, 2.75) is 32.3 Å². The first kappa shape index (κ1) is 11.2. The first-order valence-corrected chi connectivity index (χ1v) is 4.99. The molecule has 1 rings (SSSR count). The molecular weight excluding hydrogens is 180 g/mol. The van der Waals surface area contributed by atoms with E-state index in [4.69, 9.17) is 0 Å². The molecule has 0 saturated carbocycles. The Morgan fingerprint density at radius 2 is 2.36 bits per heavy atom. The molecular formula is C11H18O3. The van der Waals surface area contributed by atoms with Crippen molar-refractivity contribution in [1.29, 1.82) is 0 Å². The molecule has 0 bridgehead atoms. The van der Waals surface area contributed by atoms with Gasteiger partial charge in [-0.05, 0) is 25.7 Å². The summed E-state index contributed by atoms with van der Waals surface area (Å²) in [6.45, 7) is 3.80. The summed E-state index contributed by atoms with van der Waals surface area (Å²) in [6, 6.07) is 0. The zero-order chi connectivity index (χ0) is 10.8. The highest BCUT2D eigenvalue weighted by Crippen LogP contribution is 2.32. The molecule has 80 valence electrons. The Labute approximate surface area is 84.8 Å². The standard InChI is InChI=1S/C11H18O3/c1-8-4-6-11(13,7-5-8)9(2)10(12)14-3/h4,6,8-9,13H,5,7H2,1-3H3. The quantitative estimate of drug-likeness (QED) is 0.540. The number of esters is 1. The van der Waals surface area contributed by atoms with E-state index in [-0.39, 0.29) is 5.97 Å². The maximum absolute atomic E-state index is 11.3. The van der Waals surface area contributed by atoms with Gasteiger partial charge < -0.3 is 9.84 Å². The van der Waals surface area contributed by atoms with Gasteiger partial charge >= 0.3 is 5.97 Å². The van der Waals surface area contributed by atoms with Gasteiger partial charge in [-0.3, -0.25) is 4.79 Å². The SMILES string of the molecule is COC(=O)C(C)C1(O)C=CC(C)CC1. The summed E-state index contributed by atoms with van der Waals surface area (Å²) in [7, 11) is 1.34. The van der Waals surface area contributed by atoms with Crippen molar-refractivity contribution in [2.75, 3.05) is 7.11 Å². The minimum Gasteiger partial charge on any atom is -0.469 e. The lowest BCUT2D eigenvalue weighted by Crippen LogP contribution is -2.41. The van der Waals surface area contributed by atoms with Crippen LogP contribution >= 0.6 is 0 Å². The Kier molecular flexibility index (Phi) is 3.32. The number of hydrogen-bond acceptors (Lipinski definition) is 3. The van der Waals surface area contributed by atoms with E-state index in [2.05, 4.69) is 11.7 Å². The summed E-state index contributed by atoms with van der Waals surface area (Å²) < 4.78 is 4.62. The Morgan fingerprint density at radius 3 is 2.79 bits per heavy atom. The topological polar surface area (TPSA) is 46.5 Å². The van der Waals surface area contributed by atoms with Gasteiger partial charge in [0.15, 0.2) is 0 Å². The molecule has 0 saturated heterocycles. The summed E-state index contributed by atoms with van der Waals surface area (Å²) in [5.74, 6) is -0.358. The van der Waals surface area contributed by atoms with Crippen molar-refractivity contribution in [2.24, 2.45) is 11.8 Å². The predicted octanol–water partition coefficient (Wildman–Crippen LogP) is 1.51. The average molecular weight is 198 g/mol. The van der Waals surface area contributed by atoms with E-state index < -0.39 is 11.5 Å². The number of rotatable bonds is 2. The van der Waals surface area contributed by atoms with Crippen LogP contribution in [0.25, 0.3) is 0 Å². The van der Waals surface area contributed by atoms with Gasteiger partial charge in [0.05, 0.1) is 18.6 Å². The maximum atomic E-state index is 11.3. The highest BCUT2D eigenvalue weighted by Gasteiger charge is 2.38. The summed E-state index contributed by atoms with van der Waals surface area (Å²) >= 11 is 0. The molecule has 0 aromatic heterocycles. The second kappa shape index (κ2) is 4.13. The summed E-state index contributed by atoms with van der Waals surface area (Å²) in [4.78, 5) is 11.3. The van der Waals surface area contributed by atoms with Crippen LogP contribution in [-0.2, 0) is 9.53 Å². The van der Waals surface area contributed by atoms with Crippen LogP contribution in [0.4, 0.5) is 0 Å². The predicted molar refractivity (Wildman–Crippen MR) is 53.7 cm³/mol. The maximum Gasteiger partial charge on any atom is 0.311 e. The summed E-state index contributed by atoms with van der Waals surface area (Å²) in [5.41, 5.74) is -1.01. The van der Waals surface area contributed by atoms with Crippen LogP contribution < -0.4 is 0 Å². The molecule has 0 fully saturated rings. The largest absolute Gasteiger partial charge is 0.469 e. The molecule has 0 aromatic carbocycles. The van der Waals surface area contributed by atoms with Gasteiger partial charge in [-0.2, -0.15) is 0 Å². The number of ether oxygens (including phenoxy) is 1. The lowest BCUT2D eigenvalue weighted by molar-refractivity contribution is -0.152. The molecule has 1 aliphatic carbocycles. The first-order valence-electron chi connectivity index (χ1n) is 4.99. The number of carbonyl (C=O) groups excluding carboxylic acids is 1. The van der Waals surface area contributed by atoms with Crippen LogP contribution in [0.1, 0.15) is 26.7 Å². The Bertz CT molecular complexity index is 247. The van der Waals surface area contributed by atoms with Gasteiger partial charge in [-0.1, -0.05) is 19.1 Å². The normalized spacial score (nSPS) is 33.9. The van der Waals surface area contributed by atoms with Crippen LogP contribution in [-0.4, -0.2) is 23.8 Å². The van der Waals surface area contributed by atoms with Crippen LogP contribution in [0.2, 0.25) is 0 Å². The molecule has 14 heavy (non-hydrogen) atoms. The van der Waals surface area contributed by atoms with E-state index in [1.807, 2.05) is 6.08 Å². The van der Waals surface area contributed by atoms with Crippen molar-refractivity contribution < 1.29 is 14.6 Å². The number of hydrogen-bond donors (Lipinski definition) is 1. The molecule has 3 unspecified atom stereocenters. The summed E-state index contributed by atoms with van der Waals surface area (Å²) in [5, 5.41) is 10.2. The smallest absolute Gasteiger partial charge is 0.311 e. The molecule has 0 aliphatic heterocycles. The Hall–Kier alpha value is -0.830. The van der Waals surface area contributed by atoms with Crippen LogP contribution in [0.15, 0.2) is 12.2 Å². The van der Waals surface area contributed by atoms with Gasteiger partial charge in [0, 0.05) is 0 Å². The Balaban J connectivity index is 2.75. The van der Waals surface area contributed by atoms with Crippen molar-refractivity contribution in [1.82, 2.24) is 0 Å². The molecule has 1 N–H and O–H groups in total. The van der Waals surface area contributed by atoms with Gasteiger partial charge in [0.2, 0.25) is 0 Å². The van der Waals surface area contributed by atoms with Crippen LogP contribution in [0.3, 0.4) is 0 Å². The number of carbonyl (C=O) groups is 1. The fourth-order valence-electron chi connectivity index (χ4n) is 1.71. The zero-order valence-corrected chi connectivity index (χ0v) is 8.99. The lowest BCUT2D eigenvalue weighted by Gasteiger charge is -2.33. The number of aliphatic hydroxyl groups is 1. The second-order valence-electron chi connectivity index (χ2n) is 4.11. The number of methoxy groups -OCH3 is 1. The Morgan fingerprint density at radius 1 is 1.71 bits per heavy atom. The molecule has 0 amide bonds. The van der Waals surface area contributed by atoms with Crippen molar-refractivity contribution >= 4 is 5.97 Å². The third-order valence-electron chi connectivity index (χ3n) is 3.02.